The molecule has 2 fully saturated rings. The fraction of sp³-hybridized carbons (Fsp3) is 0.579. The third-order valence-electron chi connectivity index (χ3n) is 5.31. The molecule has 0 saturated carbocycles. The lowest BCUT2D eigenvalue weighted by Gasteiger charge is -2.23. The third kappa shape index (κ3) is 4.00. The van der Waals surface area contributed by atoms with Crippen molar-refractivity contribution in [2.24, 2.45) is 0 Å². The molecule has 4 heterocycles. The van der Waals surface area contributed by atoms with Gasteiger partial charge in [-0.05, 0) is 31.7 Å². The second-order valence-corrected chi connectivity index (χ2v) is 7.08. The van der Waals surface area contributed by atoms with E-state index in [4.69, 9.17) is 9.72 Å². The lowest BCUT2D eigenvalue weighted by molar-refractivity contribution is 0.0845. The first kappa shape index (κ1) is 18.0. The molecule has 2 aliphatic heterocycles. The molecule has 1 unspecified atom stereocenters. The van der Waals surface area contributed by atoms with Gasteiger partial charge in [-0.25, -0.2) is 24.3 Å². The van der Waals surface area contributed by atoms with Crippen LogP contribution < -0.4 is 10.2 Å². The van der Waals surface area contributed by atoms with Gasteiger partial charge in [0.05, 0.1) is 5.69 Å². The molecule has 0 aliphatic carbocycles. The lowest BCUT2D eigenvalue weighted by Crippen LogP contribution is -2.28. The van der Waals surface area contributed by atoms with E-state index in [-0.39, 0.29) is 17.7 Å². The zero-order valence-electron chi connectivity index (χ0n) is 15.6. The van der Waals surface area contributed by atoms with E-state index in [1.165, 1.54) is 6.33 Å². The van der Waals surface area contributed by atoms with Crippen molar-refractivity contribution in [2.45, 2.75) is 44.6 Å². The molecule has 0 bridgehead atoms. The molecule has 144 valence electrons. The Labute approximate surface area is 158 Å². The molecule has 0 amide bonds. The molecular weight excluding hydrogens is 347 g/mol. The van der Waals surface area contributed by atoms with E-state index in [2.05, 4.69) is 25.2 Å². The average molecular weight is 372 g/mol. The summed E-state index contributed by atoms with van der Waals surface area (Å²) in [7, 11) is 0. The van der Waals surface area contributed by atoms with Crippen LogP contribution in [-0.4, -0.2) is 52.3 Å². The highest BCUT2D eigenvalue weighted by Gasteiger charge is 2.27. The summed E-state index contributed by atoms with van der Waals surface area (Å²) in [5.41, 5.74) is 1.53. The molecule has 8 heteroatoms. The average Bonchev–Trinajstić information content (AvgIpc) is 3.19. The number of hydrogen-bond donors (Lipinski definition) is 1. The molecule has 0 spiro atoms. The van der Waals surface area contributed by atoms with Crippen molar-refractivity contribution in [3.05, 3.63) is 35.8 Å². The molecule has 2 aliphatic rings. The Morgan fingerprint density at radius 1 is 1.22 bits per heavy atom. The molecule has 7 nitrogen and oxygen atoms in total. The van der Waals surface area contributed by atoms with E-state index < -0.39 is 0 Å². The molecule has 2 saturated heterocycles. The van der Waals surface area contributed by atoms with Gasteiger partial charge in [0.1, 0.15) is 6.33 Å². The number of ether oxygens (including phenoxy) is 1. The van der Waals surface area contributed by atoms with Gasteiger partial charge in [0.25, 0.3) is 0 Å². The Morgan fingerprint density at radius 2 is 2.07 bits per heavy atom. The number of nitrogens with zero attached hydrogens (tertiary/aromatic N) is 5. The zero-order valence-corrected chi connectivity index (χ0v) is 15.6. The maximum Gasteiger partial charge on any atom is 0.225 e. The Kier molecular flexibility index (Phi) is 5.42. The fourth-order valence-electron chi connectivity index (χ4n) is 3.74. The number of aromatic nitrogens is 4. The summed E-state index contributed by atoms with van der Waals surface area (Å²) in [5, 5.41) is 3.22. The normalized spacial score (nSPS) is 20.8. The zero-order chi connectivity index (χ0) is 18.6. The highest BCUT2D eigenvalue weighted by Crippen LogP contribution is 2.27. The van der Waals surface area contributed by atoms with Gasteiger partial charge in [0.2, 0.25) is 5.95 Å². The van der Waals surface area contributed by atoms with Crippen LogP contribution in [0.1, 0.15) is 43.5 Å². The van der Waals surface area contributed by atoms with Crippen molar-refractivity contribution in [1.29, 1.82) is 0 Å². The predicted octanol–water partition coefficient (Wildman–Crippen LogP) is 2.55. The molecule has 0 aromatic carbocycles. The van der Waals surface area contributed by atoms with Crippen LogP contribution in [0.2, 0.25) is 0 Å². The standard InChI is InChI=1S/C19H25FN6O/c1-2-15-17(20)18(23-12-22-15)24-14-4-8-26(11-14)19-21-7-3-16(25-19)13-5-9-27-10-6-13/h3,7,12-14H,2,4-6,8-11H2,1H3,(H,22,23,24). The summed E-state index contributed by atoms with van der Waals surface area (Å²) in [6.45, 7) is 5.04. The fourth-order valence-corrected chi connectivity index (χ4v) is 3.74. The Balaban J connectivity index is 1.42. The number of aryl methyl sites for hydroxylation is 1. The second kappa shape index (κ2) is 8.12. The Morgan fingerprint density at radius 3 is 2.89 bits per heavy atom. The summed E-state index contributed by atoms with van der Waals surface area (Å²) >= 11 is 0. The molecule has 1 atom stereocenters. The van der Waals surface area contributed by atoms with Gasteiger partial charge in [0, 0.05) is 50.2 Å². The summed E-state index contributed by atoms with van der Waals surface area (Å²) in [4.78, 5) is 19.5. The van der Waals surface area contributed by atoms with E-state index in [9.17, 15) is 4.39 Å². The SMILES string of the molecule is CCc1ncnc(NC2CCN(c3nccc(C4CCOCC4)n3)C2)c1F. The van der Waals surface area contributed by atoms with Gasteiger partial charge in [-0.15, -0.1) is 0 Å². The first-order valence-corrected chi connectivity index (χ1v) is 9.66. The largest absolute Gasteiger partial charge is 0.381 e. The van der Waals surface area contributed by atoms with Crippen LogP contribution in [-0.2, 0) is 11.2 Å². The number of nitrogens with one attached hydrogen (secondary N) is 1. The van der Waals surface area contributed by atoms with Crippen molar-refractivity contribution < 1.29 is 9.13 Å². The van der Waals surface area contributed by atoms with E-state index >= 15 is 0 Å². The van der Waals surface area contributed by atoms with E-state index in [0.29, 0.717) is 18.0 Å². The van der Waals surface area contributed by atoms with Crippen LogP contribution in [0.3, 0.4) is 0 Å². The minimum atomic E-state index is -0.351. The van der Waals surface area contributed by atoms with Crippen LogP contribution in [0.5, 0.6) is 0 Å². The van der Waals surface area contributed by atoms with Gasteiger partial charge >= 0.3 is 0 Å². The number of anilines is 2. The summed E-state index contributed by atoms with van der Waals surface area (Å²) in [6, 6.07) is 2.11. The Bertz CT molecular complexity index is 783. The topological polar surface area (TPSA) is 76.1 Å². The quantitative estimate of drug-likeness (QED) is 0.864. The summed E-state index contributed by atoms with van der Waals surface area (Å²) in [5.74, 6) is 1.13. The predicted molar refractivity (Wildman–Crippen MR) is 100 cm³/mol. The third-order valence-corrected chi connectivity index (χ3v) is 5.31. The number of hydrogen-bond acceptors (Lipinski definition) is 7. The summed E-state index contributed by atoms with van der Waals surface area (Å²) in [6.07, 6.45) is 6.70. The van der Waals surface area contributed by atoms with Gasteiger partial charge in [-0.2, -0.15) is 0 Å². The number of rotatable bonds is 5. The highest BCUT2D eigenvalue weighted by atomic mass is 19.1. The maximum absolute atomic E-state index is 14.4. The van der Waals surface area contributed by atoms with Crippen LogP contribution in [0.4, 0.5) is 16.2 Å². The van der Waals surface area contributed by atoms with E-state index in [0.717, 1.165) is 57.2 Å². The summed E-state index contributed by atoms with van der Waals surface area (Å²) < 4.78 is 19.8. The van der Waals surface area contributed by atoms with Crippen molar-refractivity contribution in [3.63, 3.8) is 0 Å². The highest BCUT2D eigenvalue weighted by molar-refractivity contribution is 5.41. The monoisotopic (exact) mass is 372 g/mol. The van der Waals surface area contributed by atoms with Gasteiger partial charge in [-0.3, -0.25) is 0 Å². The lowest BCUT2D eigenvalue weighted by atomic mass is 9.96. The molecule has 1 N–H and O–H groups in total. The second-order valence-electron chi connectivity index (χ2n) is 7.08. The molecule has 2 aromatic rings. The van der Waals surface area contributed by atoms with Crippen LogP contribution in [0.15, 0.2) is 18.6 Å². The van der Waals surface area contributed by atoms with Crippen LogP contribution in [0, 0.1) is 5.82 Å². The van der Waals surface area contributed by atoms with E-state index in [1.807, 2.05) is 19.2 Å². The molecule has 0 radical (unpaired) electrons. The Hall–Kier alpha value is -2.35. The maximum atomic E-state index is 14.4. The van der Waals surface area contributed by atoms with Crippen molar-refractivity contribution in [1.82, 2.24) is 19.9 Å². The van der Waals surface area contributed by atoms with Crippen LogP contribution in [0.25, 0.3) is 0 Å². The van der Waals surface area contributed by atoms with Crippen molar-refractivity contribution in [2.75, 3.05) is 36.5 Å². The smallest absolute Gasteiger partial charge is 0.225 e. The van der Waals surface area contributed by atoms with Gasteiger partial charge in [-0.1, -0.05) is 6.92 Å². The minimum Gasteiger partial charge on any atom is -0.381 e. The van der Waals surface area contributed by atoms with Crippen molar-refractivity contribution in [3.8, 4) is 0 Å². The number of halogens is 1. The van der Waals surface area contributed by atoms with Crippen molar-refractivity contribution >= 4 is 11.8 Å². The van der Waals surface area contributed by atoms with Crippen LogP contribution >= 0.6 is 0 Å². The molecular formula is C19H25FN6O. The first-order valence-electron chi connectivity index (χ1n) is 9.66. The van der Waals surface area contributed by atoms with E-state index in [1.54, 1.807) is 0 Å². The molecule has 2 aromatic heterocycles. The minimum absolute atomic E-state index is 0.106. The van der Waals surface area contributed by atoms with Gasteiger partial charge in [0.15, 0.2) is 11.6 Å². The first-order chi connectivity index (χ1) is 13.2. The molecule has 27 heavy (non-hydrogen) atoms. The molecule has 4 rings (SSSR count). The van der Waals surface area contributed by atoms with Gasteiger partial charge < -0.3 is 15.0 Å².